The second-order valence-corrected chi connectivity index (χ2v) is 5.26. The molecule has 5 nitrogen and oxygen atoms in total. The van der Waals surface area contributed by atoms with E-state index in [-0.39, 0.29) is 11.8 Å². The lowest BCUT2D eigenvalue weighted by atomic mass is 9.88. The molecular weight excluding hydrogens is 246 g/mol. The fourth-order valence-electron chi connectivity index (χ4n) is 2.55. The van der Waals surface area contributed by atoms with Crippen molar-refractivity contribution in [3.63, 3.8) is 0 Å². The van der Waals surface area contributed by atoms with Crippen LogP contribution in [0.25, 0.3) is 0 Å². The van der Waals surface area contributed by atoms with Gasteiger partial charge in [-0.05, 0) is 12.8 Å². The lowest BCUT2D eigenvalue weighted by molar-refractivity contribution is -0.152. The summed E-state index contributed by atoms with van der Waals surface area (Å²) < 4.78 is 5.20. The molecule has 0 atom stereocenters. The molecule has 2 N–H and O–H groups in total. The predicted octanol–water partition coefficient (Wildman–Crippen LogP) is 1.95. The molecule has 1 heterocycles. The quantitative estimate of drug-likeness (QED) is 0.742. The minimum atomic E-state index is -1.13. The average Bonchev–Trinajstić information content (AvgIpc) is 2.39. The van der Waals surface area contributed by atoms with E-state index in [0.717, 1.165) is 25.7 Å². The number of carbonyl (C=O) groups excluding carboxylic acids is 1. The highest BCUT2D eigenvalue weighted by Gasteiger charge is 2.42. The van der Waals surface area contributed by atoms with E-state index in [1.54, 1.807) is 0 Å². The van der Waals surface area contributed by atoms with Crippen LogP contribution in [0.15, 0.2) is 0 Å². The molecule has 0 aromatic heterocycles. The number of hydrogen-bond acceptors (Lipinski definition) is 3. The molecule has 0 aromatic rings. The van der Waals surface area contributed by atoms with Gasteiger partial charge in [0.15, 0.2) is 0 Å². The summed E-state index contributed by atoms with van der Waals surface area (Å²) in [7, 11) is 0. The topological polar surface area (TPSA) is 75.6 Å². The standard InChI is InChI=1S/C14H25NO4/c1-3-5-11(6-4-2)12(16)15-14(13(17)18)7-9-19-10-8-14/h11H,3-10H2,1-2H3,(H,15,16)(H,17,18). The van der Waals surface area contributed by atoms with E-state index in [1.807, 2.05) is 13.8 Å². The Morgan fingerprint density at radius 1 is 1.21 bits per heavy atom. The van der Waals surface area contributed by atoms with Gasteiger partial charge >= 0.3 is 5.97 Å². The molecule has 0 bridgehead atoms. The predicted molar refractivity (Wildman–Crippen MR) is 71.9 cm³/mol. The SMILES string of the molecule is CCCC(CCC)C(=O)NC1(C(=O)O)CCOCC1. The molecule has 5 heteroatoms. The maximum absolute atomic E-state index is 12.3. The summed E-state index contributed by atoms with van der Waals surface area (Å²) in [6.45, 7) is 4.85. The zero-order chi connectivity index (χ0) is 14.3. The number of hydrogen-bond donors (Lipinski definition) is 2. The van der Waals surface area contributed by atoms with Gasteiger partial charge in [-0.2, -0.15) is 0 Å². The molecule has 1 aliphatic heterocycles. The first kappa shape index (κ1) is 16.0. The van der Waals surface area contributed by atoms with E-state index < -0.39 is 11.5 Å². The summed E-state index contributed by atoms with van der Waals surface area (Å²) in [6.07, 6.45) is 4.18. The molecule has 1 rings (SSSR count). The molecule has 0 aromatic carbocycles. The number of carboxylic acid groups (broad SMARTS) is 1. The van der Waals surface area contributed by atoms with Gasteiger partial charge in [-0.15, -0.1) is 0 Å². The van der Waals surface area contributed by atoms with E-state index >= 15 is 0 Å². The Morgan fingerprint density at radius 3 is 2.16 bits per heavy atom. The fourth-order valence-corrected chi connectivity index (χ4v) is 2.55. The van der Waals surface area contributed by atoms with Crippen molar-refractivity contribution in [2.75, 3.05) is 13.2 Å². The second kappa shape index (κ2) is 7.48. The van der Waals surface area contributed by atoms with Gasteiger partial charge in [0, 0.05) is 32.0 Å². The number of aliphatic carboxylic acids is 1. The van der Waals surface area contributed by atoms with Crippen molar-refractivity contribution in [2.45, 2.75) is 57.9 Å². The molecule has 1 aliphatic rings. The van der Waals surface area contributed by atoms with Gasteiger partial charge in [0.1, 0.15) is 5.54 Å². The molecule has 0 saturated carbocycles. The largest absolute Gasteiger partial charge is 0.480 e. The lowest BCUT2D eigenvalue weighted by Gasteiger charge is -2.35. The summed E-state index contributed by atoms with van der Waals surface area (Å²) in [4.78, 5) is 23.8. The van der Waals surface area contributed by atoms with Crippen LogP contribution in [-0.4, -0.2) is 35.7 Å². The molecule has 110 valence electrons. The molecule has 0 radical (unpaired) electrons. The van der Waals surface area contributed by atoms with Crippen LogP contribution in [0.1, 0.15) is 52.4 Å². The summed E-state index contributed by atoms with van der Waals surface area (Å²) in [5, 5.41) is 12.2. The van der Waals surface area contributed by atoms with Crippen molar-refractivity contribution in [1.29, 1.82) is 0 Å². The molecule has 1 saturated heterocycles. The van der Waals surface area contributed by atoms with Gasteiger partial charge in [0.05, 0.1) is 0 Å². The van der Waals surface area contributed by atoms with Crippen LogP contribution in [-0.2, 0) is 14.3 Å². The maximum Gasteiger partial charge on any atom is 0.329 e. The van der Waals surface area contributed by atoms with Gasteiger partial charge < -0.3 is 15.2 Å². The van der Waals surface area contributed by atoms with E-state index in [4.69, 9.17) is 4.74 Å². The Balaban J connectivity index is 2.71. The fraction of sp³-hybridized carbons (Fsp3) is 0.857. The normalized spacial score (nSPS) is 18.3. The van der Waals surface area contributed by atoms with Crippen LogP contribution in [0.5, 0.6) is 0 Å². The molecule has 19 heavy (non-hydrogen) atoms. The Bertz CT molecular complexity index is 305. The van der Waals surface area contributed by atoms with Gasteiger partial charge in [0.25, 0.3) is 0 Å². The van der Waals surface area contributed by atoms with Crippen LogP contribution < -0.4 is 5.32 Å². The first-order valence-electron chi connectivity index (χ1n) is 7.19. The molecule has 1 amide bonds. The smallest absolute Gasteiger partial charge is 0.329 e. The Morgan fingerprint density at radius 2 is 1.74 bits per heavy atom. The van der Waals surface area contributed by atoms with E-state index in [9.17, 15) is 14.7 Å². The third-order valence-electron chi connectivity index (χ3n) is 3.76. The van der Waals surface area contributed by atoms with E-state index in [0.29, 0.717) is 26.1 Å². The van der Waals surface area contributed by atoms with Gasteiger partial charge in [-0.1, -0.05) is 26.7 Å². The summed E-state index contributed by atoms with van der Waals surface area (Å²) in [5.41, 5.74) is -1.13. The highest BCUT2D eigenvalue weighted by molar-refractivity contribution is 5.88. The second-order valence-electron chi connectivity index (χ2n) is 5.26. The minimum Gasteiger partial charge on any atom is -0.480 e. The molecule has 0 spiro atoms. The number of amides is 1. The highest BCUT2D eigenvalue weighted by Crippen LogP contribution is 2.23. The summed E-state index contributed by atoms with van der Waals surface area (Å²) in [5.74, 6) is -1.14. The molecule has 0 aliphatic carbocycles. The van der Waals surface area contributed by atoms with Crippen LogP contribution in [0.3, 0.4) is 0 Å². The van der Waals surface area contributed by atoms with E-state index in [1.165, 1.54) is 0 Å². The monoisotopic (exact) mass is 271 g/mol. The van der Waals surface area contributed by atoms with Crippen molar-refractivity contribution in [3.05, 3.63) is 0 Å². The minimum absolute atomic E-state index is 0.0749. The van der Waals surface area contributed by atoms with Gasteiger partial charge in [0.2, 0.25) is 5.91 Å². The van der Waals surface area contributed by atoms with Crippen LogP contribution in [0.2, 0.25) is 0 Å². The highest BCUT2D eigenvalue weighted by atomic mass is 16.5. The van der Waals surface area contributed by atoms with Crippen molar-refractivity contribution in [2.24, 2.45) is 5.92 Å². The number of rotatable bonds is 7. The average molecular weight is 271 g/mol. The zero-order valence-corrected chi connectivity index (χ0v) is 11.9. The first-order valence-corrected chi connectivity index (χ1v) is 7.19. The first-order chi connectivity index (χ1) is 9.05. The molecule has 0 unspecified atom stereocenters. The van der Waals surface area contributed by atoms with Crippen molar-refractivity contribution < 1.29 is 19.4 Å². The van der Waals surface area contributed by atoms with E-state index in [2.05, 4.69) is 5.32 Å². The van der Waals surface area contributed by atoms with Crippen LogP contribution in [0, 0.1) is 5.92 Å². The Hall–Kier alpha value is -1.10. The molecule has 1 fully saturated rings. The van der Waals surface area contributed by atoms with Crippen molar-refractivity contribution >= 4 is 11.9 Å². The van der Waals surface area contributed by atoms with Crippen LogP contribution >= 0.6 is 0 Å². The van der Waals surface area contributed by atoms with Crippen molar-refractivity contribution in [1.82, 2.24) is 5.32 Å². The van der Waals surface area contributed by atoms with Crippen LogP contribution in [0.4, 0.5) is 0 Å². The number of nitrogens with one attached hydrogen (secondary N) is 1. The Labute approximate surface area is 114 Å². The van der Waals surface area contributed by atoms with Crippen molar-refractivity contribution in [3.8, 4) is 0 Å². The molecular formula is C14H25NO4. The summed E-state index contributed by atoms with van der Waals surface area (Å²) in [6, 6.07) is 0. The van der Waals surface area contributed by atoms with Gasteiger partial charge in [-0.25, -0.2) is 4.79 Å². The third-order valence-corrected chi connectivity index (χ3v) is 3.76. The summed E-state index contributed by atoms with van der Waals surface area (Å²) >= 11 is 0. The third kappa shape index (κ3) is 4.20. The van der Waals surface area contributed by atoms with Gasteiger partial charge in [-0.3, -0.25) is 4.79 Å². The number of carbonyl (C=O) groups is 2. The number of carboxylic acids is 1. The lowest BCUT2D eigenvalue weighted by Crippen LogP contribution is -2.58. The maximum atomic E-state index is 12.3. The zero-order valence-electron chi connectivity index (χ0n) is 11.9. The number of ether oxygens (including phenoxy) is 1. The Kier molecular flexibility index (Phi) is 6.28.